The van der Waals surface area contributed by atoms with Crippen LogP contribution in [0.3, 0.4) is 0 Å². The lowest BCUT2D eigenvalue weighted by Gasteiger charge is -2.34. The van der Waals surface area contributed by atoms with Gasteiger partial charge in [-0.15, -0.1) is 0 Å². The van der Waals surface area contributed by atoms with Crippen molar-refractivity contribution in [3.05, 3.63) is 88.4 Å². The molecule has 0 unspecified atom stereocenters. The number of rotatable bonds is 13. The molecule has 0 fully saturated rings. The van der Waals surface area contributed by atoms with Crippen LogP contribution in [0, 0.1) is 0 Å². The van der Waals surface area contributed by atoms with E-state index in [4.69, 9.17) is 27.9 Å². The van der Waals surface area contributed by atoms with E-state index in [1.165, 1.54) is 17.0 Å². The predicted molar refractivity (Wildman–Crippen MR) is 163 cm³/mol. The fourth-order valence-electron chi connectivity index (χ4n) is 4.28. The Kier molecular flexibility index (Phi) is 11.5. The van der Waals surface area contributed by atoms with Gasteiger partial charge in [0.05, 0.1) is 17.2 Å². The normalized spacial score (nSPS) is 12.1. The van der Waals surface area contributed by atoms with E-state index in [2.05, 4.69) is 5.32 Å². The number of carbonyl (C=O) groups excluding carboxylic acids is 2. The molecule has 11 heteroatoms. The lowest BCUT2D eigenvalue weighted by Crippen LogP contribution is -2.53. The standard InChI is InChI=1S/C30H35Cl2N3O5S/c1-5-28(30(37)33-21(3)4)34(19-25-26(31)13-10-14-27(25)32)29(36)20-35(22-15-17-23(18-16-22)40-6-2)41(38,39)24-11-8-7-9-12-24/h7-18,21,28H,5-6,19-20H2,1-4H3,(H,33,37)/t28-/m0/s1. The van der Waals surface area contributed by atoms with Crippen LogP contribution in [-0.2, 0) is 26.2 Å². The zero-order valence-electron chi connectivity index (χ0n) is 23.5. The monoisotopic (exact) mass is 619 g/mol. The van der Waals surface area contributed by atoms with Gasteiger partial charge in [0, 0.05) is 28.2 Å². The minimum Gasteiger partial charge on any atom is -0.494 e. The fraction of sp³-hybridized carbons (Fsp3) is 0.333. The topological polar surface area (TPSA) is 96.0 Å². The molecule has 0 aliphatic rings. The third-order valence-corrected chi connectivity index (χ3v) is 8.75. The van der Waals surface area contributed by atoms with Crippen molar-refractivity contribution in [2.75, 3.05) is 17.5 Å². The third-order valence-electron chi connectivity index (χ3n) is 6.25. The van der Waals surface area contributed by atoms with Gasteiger partial charge < -0.3 is 15.0 Å². The number of hydrogen-bond acceptors (Lipinski definition) is 5. The number of anilines is 1. The molecule has 1 N–H and O–H groups in total. The summed E-state index contributed by atoms with van der Waals surface area (Å²) in [5, 5.41) is 3.52. The highest BCUT2D eigenvalue weighted by Crippen LogP contribution is 2.29. The van der Waals surface area contributed by atoms with E-state index < -0.39 is 28.5 Å². The molecule has 220 valence electrons. The van der Waals surface area contributed by atoms with E-state index in [-0.39, 0.29) is 35.5 Å². The summed E-state index contributed by atoms with van der Waals surface area (Å²) in [5.41, 5.74) is 0.722. The largest absolute Gasteiger partial charge is 0.494 e. The van der Waals surface area contributed by atoms with Crippen LogP contribution >= 0.6 is 23.2 Å². The smallest absolute Gasteiger partial charge is 0.264 e. The van der Waals surface area contributed by atoms with Gasteiger partial charge in [-0.3, -0.25) is 13.9 Å². The van der Waals surface area contributed by atoms with Gasteiger partial charge >= 0.3 is 0 Å². The minimum atomic E-state index is -4.18. The lowest BCUT2D eigenvalue weighted by atomic mass is 10.1. The highest BCUT2D eigenvalue weighted by molar-refractivity contribution is 7.92. The van der Waals surface area contributed by atoms with Crippen molar-refractivity contribution in [3.8, 4) is 5.75 Å². The van der Waals surface area contributed by atoms with E-state index in [0.29, 0.717) is 28.0 Å². The summed E-state index contributed by atoms with van der Waals surface area (Å²) in [6.07, 6.45) is 0.279. The minimum absolute atomic E-state index is 0.0203. The van der Waals surface area contributed by atoms with Crippen molar-refractivity contribution < 1.29 is 22.7 Å². The molecule has 41 heavy (non-hydrogen) atoms. The number of amides is 2. The summed E-state index contributed by atoms with van der Waals surface area (Å²) >= 11 is 12.9. The lowest BCUT2D eigenvalue weighted by molar-refractivity contribution is -0.140. The van der Waals surface area contributed by atoms with Crippen LogP contribution < -0.4 is 14.4 Å². The number of halogens is 2. The van der Waals surface area contributed by atoms with Crippen molar-refractivity contribution in [1.82, 2.24) is 10.2 Å². The first-order chi connectivity index (χ1) is 19.5. The maximum atomic E-state index is 14.1. The van der Waals surface area contributed by atoms with Crippen LogP contribution in [0.15, 0.2) is 77.7 Å². The number of nitrogens with zero attached hydrogens (tertiary/aromatic N) is 2. The van der Waals surface area contributed by atoms with Crippen molar-refractivity contribution in [2.45, 2.75) is 57.6 Å². The van der Waals surface area contributed by atoms with E-state index in [1.54, 1.807) is 67.6 Å². The fourth-order valence-corrected chi connectivity index (χ4v) is 6.23. The first-order valence-electron chi connectivity index (χ1n) is 13.3. The highest BCUT2D eigenvalue weighted by atomic mass is 35.5. The molecular weight excluding hydrogens is 585 g/mol. The average molecular weight is 621 g/mol. The van der Waals surface area contributed by atoms with Gasteiger partial charge in [0.25, 0.3) is 10.0 Å². The van der Waals surface area contributed by atoms with Crippen LogP contribution in [0.4, 0.5) is 5.69 Å². The molecule has 0 aliphatic heterocycles. The Labute approximate surface area is 252 Å². The second kappa shape index (κ2) is 14.6. The van der Waals surface area contributed by atoms with Gasteiger partial charge in [-0.1, -0.05) is 54.4 Å². The van der Waals surface area contributed by atoms with Crippen LogP contribution in [0.25, 0.3) is 0 Å². The summed E-state index contributed by atoms with van der Waals surface area (Å²) in [7, 11) is -4.18. The zero-order chi connectivity index (χ0) is 30.2. The number of ether oxygens (including phenoxy) is 1. The summed E-state index contributed by atoms with van der Waals surface area (Å²) in [5.74, 6) is -0.399. The number of benzene rings is 3. The first kappa shape index (κ1) is 32.2. The van der Waals surface area contributed by atoms with Gasteiger partial charge in [0.1, 0.15) is 18.3 Å². The molecule has 0 bridgehead atoms. The Morgan fingerprint density at radius 1 is 0.902 bits per heavy atom. The third kappa shape index (κ3) is 8.15. The molecule has 0 aromatic heterocycles. The average Bonchev–Trinajstić information content (AvgIpc) is 2.93. The molecule has 0 aliphatic carbocycles. The molecule has 1 atom stereocenters. The molecule has 0 spiro atoms. The molecule has 3 rings (SSSR count). The zero-order valence-corrected chi connectivity index (χ0v) is 25.8. The Balaban J connectivity index is 2.09. The van der Waals surface area contributed by atoms with Crippen LogP contribution in [0.2, 0.25) is 10.0 Å². The molecule has 0 saturated carbocycles. The van der Waals surface area contributed by atoms with Crippen molar-refractivity contribution in [1.29, 1.82) is 0 Å². The molecule has 0 heterocycles. The van der Waals surface area contributed by atoms with Crippen molar-refractivity contribution >= 4 is 50.7 Å². The first-order valence-corrected chi connectivity index (χ1v) is 15.5. The van der Waals surface area contributed by atoms with Crippen LogP contribution in [0.5, 0.6) is 5.75 Å². The second-order valence-electron chi connectivity index (χ2n) is 9.56. The van der Waals surface area contributed by atoms with Crippen LogP contribution in [-0.4, -0.2) is 50.4 Å². The summed E-state index contributed by atoms with van der Waals surface area (Å²) in [6.45, 7) is 7.05. The predicted octanol–water partition coefficient (Wildman–Crippen LogP) is 5.92. The van der Waals surface area contributed by atoms with Gasteiger partial charge in [0.2, 0.25) is 11.8 Å². The van der Waals surface area contributed by atoms with Crippen molar-refractivity contribution in [2.24, 2.45) is 0 Å². The number of hydrogen-bond donors (Lipinski definition) is 1. The molecule has 3 aromatic rings. The van der Waals surface area contributed by atoms with Gasteiger partial charge in [-0.05, 0) is 75.7 Å². The Hall–Kier alpha value is -3.27. The Morgan fingerprint density at radius 2 is 1.51 bits per heavy atom. The van der Waals surface area contributed by atoms with Gasteiger partial charge in [-0.2, -0.15) is 0 Å². The number of nitrogens with one attached hydrogen (secondary N) is 1. The van der Waals surface area contributed by atoms with E-state index in [9.17, 15) is 18.0 Å². The quantitative estimate of drug-likeness (QED) is 0.256. The van der Waals surface area contributed by atoms with Crippen molar-refractivity contribution in [3.63, 3.8) is 0 Å². The summed E-state index contributed by atoms with van der Waals surface area (Å²) in [6, 6.07) is 18.2. The number of carbonyl (C=O) groups is 2. The Bertz CT molecular complexity index is 1410. The maximum absolute atomic E-state index is 14.1. The summed E-state index contributed by atoms with van der Waals surface area (Å²) < 4.78 is 34.3. The molecule has 8 nitrogen and oxygen atoms in total. The van der Waals surface area contributed by atoms with Gasteiger partial charge in [-0.25, -0.2) is 8.42 Å². The molecule has 0 saturated heterocycles. The van der Waals surface area contributed by atoms with Gasteiger partial charge in [0.15, 0.2) is 0 Å². The molecule has 3 aromatic carbocycles. The van der Waals surface area contributed by atoms with E-state index in [1.807, 2.05) is 20.8 Å². The maximum Gasteiger partial charge on any atom is 0.264 e. The Morgan fingerprint density at radius 3 is 2.05 bits per heavy atom. The molecule has 2 amide bonds. The summed E-state index contributed by atoms with van der Waals surface area (Å²) in [4.78, 5) is 28.7. The SMILES string of the molecule is CCOc1ccc(N(CC(=O)N(Cc2c(Cl)cccc2Cl)[C@@H](CC)C(=O)NC(C)C)S(=O)(=O)c2ccccc2)cc1. The highest BCUT2D eigenvalue weighted by Gasteiger charge is 2.34. The van der Waals surface area contributed by atoms with E-state index in [0.717, 1.165) is 4.31 Å². The number of sulfonamides is 1. The second-order valence-corrected chi connectivity index (χ2v) is 12.2. The molecule has 0 radical (unpaired) electrons. The van der Waals surface area contributed by atoms with E-state index >= 15 is 0 Å². The van der Waals surface area contributed by atoms with Crippen LogP contribution in [0.1, 0.15) is 39.7 Å². The molecular formula is C30H35Cl2N3O5S.